The van der Waals surface area contributed by atoms with Crippen LogP contribution in [-0.2, 0) is 17.0 Å². The van der Waals surface area contributed by atoms with Gasteiger partial charge in [0, 0.05) is 22.1 Å². The van der Waals surface area contributed by atoms with Crippen LogP contribution in [0.1, 0.15) is 21.7 Å². The molecule has 2 heterocycles. The molecule has 7 heteroatoms. The second kappa shape index (κ2) is 6.78. The van der Waals surface area contributed by atoms with Crippen LogP contribution in [0.15, 0.2) is 37.8 Å². The zero-order valence-electron chi connectivity index (χ0n) is 13.3. The topological polar surface area (TPSA) is 86.2 Å². The van der Waals surface area contributed by atoms with Gasteiger partial charge < -0.3 is 10.2 Å². The lowest BCUT2D eigenvalue weighted by Gasteiger charge is -2.04. The van der Waals surface area contributed by atoms with Crippen LogP contribution in [0.3, 0.4) is 0 Å². The van der Waals surface area contributed by atoms with Crippen molar-refractivity contribution in [2.24, 2.45) is 5.73 Å². The molecule has 0 aliphatic rings. The first-order valence-corrected chi connectivity index (χ1v) is 9.13. The van der Waals surface area contributed by atoms with E-state index in [0.717, 1.165) is 31.4 Å². The van der Waals surface area contributed by atoms with E-state index in [1.165, 1.54) is 29.2 Å². The molecule has 0 bridgehead atoms. The first-order valence-electron chi connectivity index (χ1n) is 7.33. The van der Waals surface area contributed by atoms with Gasteiger partial charge in [-0.1, -0.05) is 23.9 Å². The second-order valence-corrected chi connectivity index (χ2v) is 7.82. The number of amides is 1. The molecule has 0 unspecified atom stereocenters. The Morgan fingerprint density at radius 2 is 2.12 bits per heavy atom. The van der Waals surface area contributed by atoms with Crippen LogP contribution >= 0.6 is 23.1 Å². The minimum Gasteiger partial charge on any atom is -0.423 e. The van der Waals surface area contributed by atoms with Gasteiger partial charge in [0.1, 0.15) is 5.58 Å². The molecular formula is C17H16N2O3S2. The van der Waals surface area contributed by atoms with E-state index in [2.05, 4.69) is 4.98 Å². The van der Waals surface area contributed by atoms with E-state index in [9.17, 15) is 9.59 Å². The maximum atomic E-state index is 11.8. The molecule has 1 aromatic carbocycles. The summed E-state index contributed by atoms with van der Waals surface area (Å²) in [7, 11) is 0. The molecule has 3 rings (SSSR count). The number of carbonyl (C=O) groups excluding carboxylic acids is 1. The number of aryl methyl sites for hydroxylation is 2. The number of aromatic nitrogens is 1. The summed E-state index contributed by atoms with van der Waals surface area (Å²) in [4.78, 5) is 28.2. The molecule has 124 valence electrons. The lowest BCUT2D eigenvalue weighted by atomic mass is 10.1. The number of hydrogen-bond acceptors (Lipinski definition) is 6. The van der Waals surface area contributed by atoms with Crippen LogP contribution in [0.2, 0.25) is 0 Å². The van der Waals surface area contributed by atoms with Crippen molar-refractivity contribution >= 4 is 40.0 Å². The van der Waals surface area contributed by atoms with Gasteiger partial charge in [0.15, 0.2) is 4.34 Å². The number of hydrogen-bond donors (Lipinski definition) is 1. The average molecular weight is 360 g/mol. The van der Waals surface area contributed by atoms with Gasteiger partial charge in [-0.25, -0.2) is 9.78 Å². The molecule has 0 fully saturated rings. The summed E-state index contributed by atoms with van der Waals surface area (Å²) in [6.07, 6.45) is 0.210. The standard InChI is InChI=1S/C17H16N2O3S2/c1-9-3-4-12-11(6-16(21)22-13(12)5-9)8-23-17-19-10(2)14(24-17)7-15(18)20/h3-6H,7-8H2,1-2H3,(H2,18,20). The van der Waals surface area contributed by atoms with Crippen molar-refractivity contribution < 1.29 is 9.21 Å². The summed E-state index contributed by atoms with van der Waals surface area (Å²) in [5.41, 5.74) is 8.28. The fraction of sp³-hybridized carbons (Fsp3) is 0.235. The van der Waals surface area contributed by atoms with Crippen molar-refractivity contribution in [2.75, 3.05) is 0 Å². The van der Waals surface area contributed by atoms with E-state index in [0.29, 0.717) is 11.3 Å². The van der Waals surface area contributed by atoms with Crippen LogP contribution < -0.4 is 11.4 Å². The summed E-state index contributed by atoms with van der Waals surface area (Å²) in [5, 5.41) is 0.929. The largest absolute Gasteiger partial charge is 0.423 e. The van der Waals surface area contributed by atoms with Crippen LogP contribution in [0, 0.1) is 13.8 Å². The molecule has 24 heavy (non-hydrogen) atoms. The van der Waals surface area contributed by atoms with Gasteiger partial charge in [-0.3, -0.25) is 4.79 Å². The Morgan fingerprint density at radius 3 is 2.88 bits per heavy atom. The van der Waals surface area contributed by atoms with Crippen molar-refractivity contribution in [3.63, 3.8) is 0 Å². The number of benzene rings is 1. The number of thioether (sulfide) groups is 1. The number of rotatable bonds is 5. The second-order valence-electron chi connectivity index (χ2n) is 5.51. The predicted molar refractivity (Wildman–Crippen MR) is 96.5 cm³/mol. The van der Waals surface area contributed by atoms with Crippen LogP contribution in [0.4, 0.5) is 0 Å². The molecule has 0 atom stereocenters. The highest BCUT2D eigenvalue weighted by atomic mass is 32.2. The number of fused-ring (bicyclic) bond motifs is 1. The lowest BCUT2D eigenvalue weighted by Crippen LogP contribution is -2.13. The predicted octanol–water partition coefficient (Wildman–Crippen LogP) is 3.19. The lowest BCUT2D eigenvalue weighted by molar-refractivity contribution is -0.117. The van der Waals surface area contributed by atoms with Crippen LogP contribution in [-0.4, -0.2) is 10.9 Å². The Morgan fingerprint density at radius 1 is 1.33 bits per heavy atom. The van der Waals surface area contributed by atoms with Gasteiger partial charge in [-0.05, 0) is 31.0 Å². The Labute approximate surface area is 146 Å². The molecule has 0 saturated heterocycles. The Bertz CT molecular complexity index is 976. The molecule has 2 N–H and O–H groups in total. The van der Waals surface area contributed by atoms with E-state index in [1.54, 1.807) is 0 Å². The van der Waals surface area contributed by atoms with Crippen molar-refractivity contribution in [1.82, 2.24) is 4.98 Å². The number of nitrogens with two attached hydrogens (primary N) is 1. The molecule has 0 spiro atoms. The van der Waals surface area contributed by atoms with E-state index in [1.807, 2.05) is 32.0 Å². The third-order valence-corrected chi connectivity index (χ3v) is 5.89. The maximum Gasteiger partial charge on any atom is 0.336 e. The van der Waals surface area contributed by atoms with Crippen molar-refractivity contribution in [3.8, 4) is 0 Å². The Kier molecular flexibility index (Phi) is 4.73. The molecule has 2 aromatic heterocycles. The number of thiazole rings is 1. The van der Waals surface area contributed by atoms with Gasteiger partial charge in [-0.2, -0.15) is 0 Å². The van der Waals surface area contributed by atoms with Crippen molar-refractivity contribution in [2.45, 2.75) is 30.4 Å². The molecular weight excluding hydrogens is 344 g/mol. The Balaban J connectivity index is 1.86. The minimum atomic E-state index is -0.361. The van der Waals surface area contributed by atoms with Gasteiger partial charge in [-0.15, -0.1) is 11.3 Å². The highest BCUT2D eigenvalue weighted by molar-refractivity contribution is 8.00. The van der Waals surface area contributed by atoms with Crippen molar-refractivity contribution in [3.05, 3.63) is 56.4 Å². The van der Waals surface area contributed by atoms with Gasteiger partial charge in [0.25, 0.3) is 0 Å². The molecule has 5 nitrogen and oxygen atoms in total. The fourth-order valence-corrected chi connectivity index (χ4v) is 4.62. The smallest absolute Gasteiger partial charge is 0.336 e. The SMILES string of the molecule is Cc1ccc2c(CSc3nc(C)c(CC(N)=O)s3)cc(=O)oc2c1. The number of nitrogens with zero attached hydrogens (tertiary/aromatic N) is 1. The third-order valence-electron chi connectivity index (χ3n) is 3.54. The third kappa shape index (κ3) is 3.68. The normalized spacial score (nSPS) is 11.1. The van der Waals surface area contributed by atoms with Gasteiger partial charge >= 0.3 is 5.63 Å². The minimum absolute atomic E-state index is 0.210. The summed E-state index contributed by atoms with van der Waals surface area (Å²) < 4.78 is 6.13. The van der Waals surface area contributed by atoms with Crippen LogP contribution in [0.5, 0.6) is 0 Å². The summed E-state index contributed by atoms with van der Waals surface area (Å²) in [5.74, 6) is 0.244. The fourth-order valence-electron chi connectivity index (χ4n) is 2.38. The molecule has 0 radical (unpaired) electrons. The highest BCUT2D eigenvalue weighted by Crippen LogP contribution is 2.31. The number of primary amides is 1. The molecule has 0 aliphatic heterocycles. The van der Waals surface area contributed by atoms with E-state index in [-0.39, 0.29) is 18.0 Å². The van der Waals surface area contributed by atoms with Gasteiger partial charge in [0.2, 0.25) is 5.91 Å². The quantitative estimate of drug-likeness (QED) is 0.558. The first-order chi connectivity index (χ1) is 11.4. The van der Waals surface area contributed by atoms with Crippen LogP contribution in [0.25, 0.3) is 11.0 Å². The maximum absolute atomic E-state index is 11.8. The molecule has 1 amide bonds. The molecule has 3 aromatic rings. The van der Waals surface area contributed by atoms with E-state index in [4.69, 9.17) is 10.2 Å². The van der Waals surface area contributed by atoms with E-state index < -0.39 is 0 Å². The zero-order valence-corrected chi connectivity index (χ0v) is 14.9. The average Bonchev–Trinajstić information content (AvgIpc) is 2.83. The monoisotopic (exact) mass is 360 g/mol. The number of carbonyl (C=O) groups is 1. The summed E-state index contributed by atoms with van der Waals surface area (Å²) in [6.45, 7) is 3.83. The molecule has 0 aliphatic carbocycles. The Hall–Kier alpha value is -2.12. The highest BCUT2D eigenvalue weighted by Gasteiger charge is 2.12. The summed E-state index contributed by atoms with van der Waals surface area (Å²) >= 11 is 3.01. The summed E-state index contributed by atoms with van der Waals surface area (Å²) in [6, 6.07) is 7.35. The van der Waals surface area contributed by atoms with Crippen molar-refractivity contribution in [1.29, 1.82) is 0 Å². The molecule has 0 saturated carbocycles. The first kappa shape index (κ1) is 16.7. The van der Waals surface area contributed by atoms with E-state index >= 15 is 0 Å². The zero-order chi connectivity index (χ0) is 17.3. The van der Waals surface area contributed by atoms with Gasteiger partial charge in [0.05, 0.1) is 12.1 Å².